The first-order chi connectivity index (χ1) is 13.7. The topological polar surface area (TPSA) is 44.8 Å². The van der Waals surface area contributed by atoms with E-state index in [4.69, 9.17) is 4.74 Å². The van der Waals surface area contributed by atoms with Crippen molar-refractivity contribution in [1.29, 1.82) is 0 Å². The second-order valence-corrected chi connectivity index (χ2v) is 8.40. The summed E-state index contributed by atoms with van der Waals surface area (Å²) in [6.45, 7) is 6.46. The SMILES string of the molecule is O=C(COc1ccccc1)NC1C2CN3CCN(C2)CC1(c1ccccc1)C3. The molecule has 3 unspecified atom stereocenters. The highest BCUT2D eigenvalue weighted by Gasteiger charge is 2.55. The number of ether oxygens (including phenoxy) is 1. The number of fused-ring (bicyclic) bond motifs is 1. The van der Waals surface area contributed by atoms with Gasteiger partial charge < -0.3 is 19.9 Å². The van der Waals surface area contributed by atoms with Gasteiger partial charge in [-0.3, -0.25) is 4.79 Å². The maximum absolute atomic E-state index is 12.8. The molecule has 4 fully saturated rings. The molecule has 1 N–H and O–H groups in total. The molecule has 4 aliphatic heterocycles. The standard InChI is InChI=1S/C23H27N3O2/c27-21(15-28-20-9-5-2-6-10-20)24-22-18-13-25-11-12-26(14-18)17-23(22,16-25)19-7-3-1-4-8-19/h1-10,18,22H,11-17H2,(H,24,27). The number of hydrogen-bond acceptors (Lipinski definition) is 4. The lowest BCUT2D eigenvalue weighted by Gasteiger charge is -2.55. The maximum atomic E-state index is 12.8. The summed E-state index contributed by atoms with van der Waals surface area (Å²) in [6, 6.07) is 20.5. The summed E-state index contributed by atoms with van der Waals surface area (Å²) in [5, 5.41) is 3.38. The lowest BCUT2D eigenvalue weighted by atomic mass is 9.64. The summed E-state index contributed by atoms with van der Waals surface area (Å²) >= 11 is 0. The quantitative estimate of drug-likeness (QED) is 0.862. The Bertz CT molecular complexity index is 810. The third-order valence-electron chi connectivity index (χ3n) is 6.57. The first kappa shape index (κ1) is 17.7. The third kappa shape index (κ3) is 3.19. The molecule has 146 valence electrons. The van der Waals surface area contributed by atoms with E-state index in [0.29, 0.717) is 5.92 Å². The van der Waals surface area contributed by atoms with Crippen LogP contribution in [-0.4, -0.2) is 67.6 Å². The van der Waals surface area contributed by atoms with Gasteiger partial charge in [-0.2, -0.15) is 0 Å². The largest absolute Gasteiger partial charge is 0.484 e. The van der Waals surface area contributed by atoms with Crippen molar-refractivity contribution >= 4 is 5.91 Å². The number of piperidine rings is 2. The number of benzene rings is 2. The van der Waals surface area contributed by atoms with E-state index in [9.17, 15) is 4.79 Å². The molecule has 1 amide bonds. The van der Waals surface area contributed by atoms with Crippen LogP contribution in [0.15, 0.2) is 60.7 Å². The lowest BCUT2D eigenvalue weighted by Crippen LogP contribution is -2.71. The van der Waals surface area contributed by atoms with E-state index < -0.39 is 0 Å². The van der Waals surface area contributed by atoms with E-state index in [-0.39, 0.29) is 24.0 Å². The molecule has 4 heterocycles. The van der Waals surface area contributed by atoms with Crippen LogP contribution >= 0.6 is 0 Å². The van der Waals surface area contributed by atoms with Crippen molar-refractivity contribution in [1.82, 2.24) is 15.1 Å². The van der Waals surface area contributed by atoms with E-state index in [1.807, 2.05) is 30.3 Å². The average Bonchev–Trinajstić information content (AvgIpc) is 2.99. The predicted molar refractivity (Wildman–Crippen MR) is 108 cm³/mol. The van der Waals surface area contributed by atoms with Gasteiger partial charge in [0.1, 0.15) is 5.75 Å². The van der Waals surface area contributed by atoms with Gasteiger partial charge in [-0.15, -0.1) is 0 Å². The van der Waals surface area contributed by atoms with Gasteiger partial charge in [-0.25, -0.2) is 0 Å². The molecule has 2 aromatic rings. The summed E-state index contributed by atoms with van der Waals surface area (Å²) in [4.78, 5) is 18.0. The monoisotopic (exact) mass is 377 g/mol. The van der Waals surface area contributed by atoms with Crippen LogP contribution < -0.4 is 10.1 Å². The molecular formula is C23H27N3O2. The highest BCUT2D eigenvalue weighted by Crippen LogP contribution is 2.43. The van der Waals surface area contributed by atoms with Crippen molar-refractivity contribution in [2.45, 2.75) is 11.5 Å². The van der Waals surface area contributed by atoms with Crippen LogP contribution in [0.2, 0.25) is 0 Å². The molecule has 0 aliphatic carbocycles. The second-order valence-electron chi connectivity index (χ2n) is 8.40. The van der Waals surface area contributed by atoms with Crippen molar-refractivity contribution in [2.75, 3.05) is 45.9 Å². The highest BCUT2D eigenvalue weighted by molar-refractivity contribution is 5.78. The highest BCUT2D eigenvalue weighted by atomic mass is 16.5. The van der Waals surface area contributed by atoms with Gasteiger partial charge in [0, 0.05) is 56.6 Å². The van der Waals surface area contributed by atoms with Crippen LogP contribution in [0, 0.1) is 5.92 Å². The molecule has 4 bridgehead atoms. The number of carbonyl (C=O) groups excluding carboxylic acids is 1. The first-order valence-electron chi connectivity index (χ1n) is 10.2. The second kappa shape index (κ2) is 7.22. The normalized spacial score (nSPS) is 33.3. The zero-order valence-electron chi connectivity index (χ0n) is 16.1. The number of rotatable bonds is 5. The molecule has 0 aromatic heterocycles. The Kier molecular flexibility index (Phi) is 4.57. The number of nitrogens with one attached hydrogen (secondary N) is 1. The van der Waals surface area contributed by atoms with Crippen LogP contribution in [-0.2, 0) is 10.2 Å². The Morgan fingerprint density at radius 3 is 2.21 bits per heavy atom. The molecule has 0 radical (unpaired) electrons. The smallest absolute Gasteiger partial charge is 0.258 e. The molecule has 6 rings (SSSR count). The Hall–Kier alpha value is -2.37. The minimum atomic E-state index is -0.0542. The fourth-order valence-corrected chi connectivity index (χ4v) is 5.45. The summed E-state index contributed by atoms with van der Waals surface area (Å²) in [6.07, 6.45) is 0. The van der Waals surface area contributed by atoms with Crippen molar-refractivity contribution in [3.63, 3.8) is 0 Å². The number of hydrogen-bond donors (Lipinski definition) is 1. The van der Waals surface area contributed by atoms with Gasteiger partial charge in [0.05, 0.1) is 0 Å². The number of para-hydroxylation sites is 1. The average molecular weight is 377 g/mol. The van der Waals surface area contributed by atoms with E-state index in [1.165, 1.54) is 5.56 Å². The Balaban J connectivity index is 1.38. The van der Waals surface area contributed by atoms with Gasteiger partial charge >= 0.3 is 0 Å². The van der Waals surface area contributed by atoms with Gasteiger partial charge in [0.15, 0.2) is 6.61 Å². The van der Waals surface area contributed by atoms with Gasteiger partial charge in [-0.1, -0.05) is 48.5 Å². The van der Waals surface area contributed by atoms with Crippen LogP contribution in [0.1, 0.15) is 5.56 Å². The number of amides is 1. The van der Waals surface area contributed by atoms with Gasteiger partial charge in [0.2, 0.25) is 0 Å². The summed E-state index contributed by atoms with van der Waals surface area (Å²) in [5.74, 6) is 1.15. The molecule has 5 nitrogen and oxygen atoms in total. The van der Waals surface area contributed by atoms with Crippen molar-refractivity contribution in [3.05, 3.63) is 66.2 Å². The molecule has 5 heteroatoms. The fraction of sp³-hybridized carbons (Fsp3) is 0.435. The van der Waals surface area contributed by atoms with Crippen molar-refractivity contribution in [3.8, 4) is 5.75 Å². The Labute approximate surface area is 166 Å². The molecular weight excluding hydrogens is 350 g/mol. The zero-order chi connectivity index (χ0) is 19.0. The van der Waals surface area contributed by atoms with Crippen molar-refractivity contribution in [2.24, 2.45) is 5.92 Å². The predicted octanol–water partition coefficient (Wildman–Crippen LogP) is 1.75. The zero-order valence-corrected chi connectivity index (χ0v) is 16.1. The van der Waals surface area contributed by atoms with Crippen molar-refractivity contribution < 1.29 is 9.53 Å². The minimum absolute atomic E-state index is 0.0275. The van der Waals surface area contributed by atoms with Gasteiger partial charge in [0.25, 0.3) is 5.91 Å². The summed E-state index contributed by atoms with van der Waals surface area (Å²) < 4.78 is 5.69. The molecule has 3 atom stereocenters. The molecule has 2 aromatic carbocycles. The Morgan fingerprint density at radius 1 is 0.964 bits per heavy atom. The Morgan fingerprint density at radius 2 is 1.57 bits per heavy atom. The third-order valence-corrected chi connectivity index (χ3v) is 6.57. The molecule has 4 aliphatic rings. The van der Waals surface area contributed by atoms with Gasteiger partial charge in [-0.05, 0) is 17.7 Å². The summed E-state index contributed by atoms with van der Waals surface area (Å²) in [7, 11) is 0. The summed E-state index contributed by atoms with van der Waals surface area (Å²) in [5.41, 5.74) is 1.28. The van der Waals surface area contributed by atoms with Crippen LogP contribution in [0.4, 0.5) is 0 Å². The molecule has 0 spiro atoms. The number of carbonyl (C=O) groups is 1. The molecule has 4 saturated heterocycles. The van der Waals surface area contributed by atoms with E-state index in [2.05, 4.69) is 45.4 Å². The van der Waals surface area contributed by atoms with Crippen LogP contribution in [0.5, 0.6) is 5.75 Å². The first-order valence-corrected chi connectivity index (χ1v) is 10.2. The lowest BCUT2D eigenvalue weighted by molar-refractivity contribution is -0.126. The van der Waals surface area contributed by atoms with E-state index >= 15 is 0 Å². The van der Waals surface area contributed by atoms with E-state index in [0.717, 1.165) is 45.0 Å². The number of nitrogens with zero attached hydrogens (tertiary/aromatic N) is 2. The molecule has 28 heavy (non-hydrogen) atoms. The van der Waals surface area contributed by atoms with Crippen LogP contribution in [0.25, 0.3) is 0 Å². The minimum Gasteiger partial charge on any atom is -0.484 e. The molecule has 0 saturated carbocycles. The van der Waals surface area contributed by atoms with E-state index in [1.54, 1.807) is 0 Å². The fourth-order valence-electron chi connectivity index (χ4n) is 5.45. The maximum Gasteiger partial charge on any atom is 0.258 e. The van der Waals surface area contributed by atoms with Crippen LogP contribution in [0.3, 0.4) is 0 Å².